The number of thiol groups is 1. The average Bonchev–Trinajstić information content (AvgIpc) is 2.56. The van der Waals surface area contributed by atoms with Gasteiger partial charge in [-0.2, -0.15) is 5.26 Å². The lowest BCUT2D eigenvalue weighted by Gasteiger charge is -1.95. The fourth-order valence-electron chi connectivity index (χ4n) is 1.33. The van der Waals surface area contributed by atoms with E-state index in [2.05, 4.69) is 12.6 Å². The van der Waals surface area contributed by atoms with Gasteiger partial charge < -0.3 is 0 Å². The first-order valence-electron chi connectivity index (χ1n) is 3.87. The van der Waals surface area contributed by atoms with Gasteiger partial charge in [-0.05, 0) is 17.5 Å². The van der Waals surface area contributed by atoms with Crippen LogP contribution in [0.5, 0.6) is 0 Å². The summed E-state index contributed by atoms with van der Waals surface area (Å²) in [6.07, 6.45) is 0.727. The topological polar surface area (TPSA) is 40.9 Å². The molecular weight excluding hydrogens is 214 g/mol. The largest absolute Gasteiger partial charge is 0.298 e. The molecular formula is C10H5NOS2. The van der Waals surface area contributed by atoms with E-state index in [1.54, 1.807) is 6.07 Å². The Morgan fingerprint density at radius 3 is 2.93 bits per heavy atom. The number of carbonyl (C=O) groups is 1. The molecule has 0 bridgehead atoms. The molecule has 0 aliphatic rings. The standard InChI is InChI=1S/C10H5NOS2/c11-4-7-2-1-6-3-9(13)14-10(6)8(7)5-12/h1-3,5,13H. The SMILES string of the molecule is N#Cc1ccc2cc(S)sc2c1C=O. The van der Waals surface area contributed by atoms with Crippen molar-refractivity contribution in [3.8, 4) is 6.07 Å². The van der Waals surface area contributed by atoms with E-state index in [1.807, 2.05) is 18.2 Å². The Hall–Kier alpha value is -1.31. The minimum atomic E-state index is 0.419. The molecule has 0 radical (unpaired) electrons. The molecule has 0 N–H and O–H groups in total. The van der Waals surface area contributed by atoms with Crippen LogP contribution >= 0.6 is 24.0 Å². The number of hydrogen-bond donors (Lipinski definition) is 1. The van der Waals surface area contributed by atoms with Crippen LogP contribution in [0.2, 0.25) is 0 Å². The van der Waals surface area contributed by atoms with Gasteiger partial charge in [0.15, 0.2) is 6.29 Å². The van der Waals surface area contributed by atoms with Gasteiger partial charge in [0, 0.05) is 10.3 Å². The van der Waals surface area contributed by atoms with Crippen LogP contribution in [0.1, 0.15) is 15.9 Å². The molecule has 4 heteroatoms. The van der Waals surface area contributed by atoms with Crippen molar-refractivity contribution in [2.45, 2.75) is 4.21 Å². The van der Waals surface area contributed by atoms with Gasteiger partial charge in [-0.15, -0.1) is 24.0 Å². The molecule has 68 valence electrons. The fraction of sp³-hybridized carbons (Fsp3) is 0. The molecule has 1 heterocycles. The molecule has 14 heavy (non-hydrogen) atoms. The highest BCUT2D eigenvalue weighted by Gasteiger charge is 2.08. The zero-order valence-corrected chi connectivity index (χ0v) is 8.73. The minimum Gasteiger partial charge on any atom is -0.298 e. The van der Waals surface area contributed by atoms with Crippen molar-refractivity contribution in [3.05, 3.63) is 29.3 Å². The second kappa shape index (κ2) is 3.45. The first kappa shape index (κ1) is 9.25. The van der Waals surface area contributed by atoms with Gasteiger partial charge in [0.2, 0.25) is 0 Å². The van der Waals surface area contributed by atoms with Gasteiger partial charge in [-0.25, -0.2) is 0 Å². The predicted molar refractivity (Wildman–Crippen MR) is 59.2 cm³/mol. The fourth-order valence-corrected chi connectivity index (χ4v) is 2.65. The summed E-state index contributed by atoms with van der Waals surface area (Å²) < 4.78 is 1.68. The molecule has 1 aromatic carbocycles. The van der Waals surface area contributed by atoms with Crippen molar-refractivity contribution >= 4 is 40.3 Å². The van der Waals surface area contributed by atoms with Gasteiger partial charge >= 0.3 is 0 Å². The lowest BCUT2D eigenvalue weighted by molar-refractivity contribution is 0.112. The minimum absolute atomic E-state index is 0.419. The van der Waals surface area contributed by atoms with Crippen LogP contribution in [-0.4, -0.2) is 6.29 Å². The van der Waals surface area contributed by atoms with Crippen molar-refractivity contribution in [2.24, 2.45) is 0 Å². The monoisotopic (exact) mass is 219 g/mol. The molecule has 0 spiro atoms. The molecule has 1 aromatic heterocycles. The summed E-state index contributed by atoms with van der Waals surface area (Å²) in [5.74, 6) is 0. The second-order valence-electron chi connectivity index (χ2n) is 2.76. The summed E-state index contributed by atoms with van der Waals surface area (Å²) in [5, 5.41) is 9.75. The van der Waals surface area contributed by atoms with E-state index in [4.69, 9.17) is 5.26 Å². The summed E-state index contributed by atoms with van der Waals surface area (Å²) >= 11 is 5.63. The highest BCUT2D eigenvalue weighted by atomic mass is 32.2. The second-order valence-corrected chi connectivity index (χ2v) is 4.60. The van der Waals surface area contributed by atoms with Crippen LogP contribution < -0.4 is 0 Å². The van der Waals surface area contributed by atoms with E-state index in [1.165, 1.54) is 11.3 Å². The van der Waals surface area contributed by atoms with E-state index in [0.29, 0.717) is 11.1 Å². The maximum absolute atomic E-state index is 10.8. The molecule has 0 fully saturated rings. The Morgan fingerprint density at radius 1 is 1.50 bits per heavy atom. The molecule has 2 rings (SSSR count). The molecule has 0 amide bonds. The zero-order valence-electron chi connectivity index (χ0n) is 7.02. The van der Waals surface area contributed by atoms with Gasteiger partial charge in [0.05, 0.1) is 15.8 Å². The summed E-state index contributed by atoms with van der Waals surface area (Å²) in [7, 11) is 0. The highest BCUT2D eigenvalue weighted by molar-refractivity contribution is 7.83. The van der Waals surface area contributed by atoms with Crippen molar-refractivity contribution in [3.63, 3.8) is 0 Å². The maximum atomic E-state index is 10.8. The Labute approximate surface area is 90.2 Å². The molecule has 0 saturated carbocycles. The van der Waals surface area contributed by atoms with Crippen molar-refractivity contribution in [2.75, 3.05) is 0 Å². The van der Waals surface area contributed by atoms with Gasteiger partial charge in [0.1, 0.15) is 0 Å². The van der Waals surface area contributed by atoms with Crippen molar-refractivity contribution in [1.82, 2.24) is 0 Å². The van der Waals surface area contributed by atoms with Crippen LogP contribution in [0.3, 0.4) is 0 Å². The van der Waals surface area contributed by atoms with E-state index < -0.39 is 0 Å². The number of thiophene rings is 1. The predicted octanol–water partition coefficient (Wildman–Crippen LogP) is 2.87. The lowest BCUT2D eigenvalue weighted by atomic mass is 10.1. The Kier molecular flexibility index (Phi) is 2.28. The lowest BCUT2D eigenvalue weighted by Crippen LogP contribution is -1.86. The van der Waals surface area contributed by atoms with Crippen LogP contribution in [0.15, 0.2) is 22.4 Å². The molecule has 0 atom stereocenters. The third-order valence-electron chi connectivity index (χ3n) is 1.95. The van der Waals surface area contributed by atoms with Gasteiger partial charge in [0.25, 0.3) is 0 Å². The number of benzene rings is 1. The normalized spacial score (nSPS) is 10.0. The summed E-state index contributed by atoms with van der Waals surface area (Å²) in [6, 6.07) is 7.37. The average molecular weight is 219 g/mol. The van der Waals surface area contributed by atoms with Crippen molar-refractivity contribution in [1.29, 1.82) is 5.26 Å². The summed E-state index contributed by atoms with van der Waals surface area (Å²) in [6.45, 7) is 0. The van der Waals surface area contributed by atoms with Crippen LogP contribution in [0.4, 0.5) is 0 Å². The molecule has 0 unspecified atom stereocenters. The van der Waals surface area contributed by atoms with Gasteiger partial charge in [-0.3, -0.25) is 4.79 Å². The van der Waals surface area contributed by atoms with E-state index in [9.17, 15) is 4.79 Å². The third-order valence-corrected chi connectivity index (χ3v) is 3.34. The zero-order chi connectivity index (χ0) is 10.1. The maximum Gasteiger partial charge on any atom is 0.152 e. The first-order chi connectivity index (χ1) is 6.76. The van der Waals surface area contributed by atoms with Crippen LogP contribution in [0, 0.1) is 11.3 Å². The third kappa shape index (κ3) is 1.31. The smallest absolute Gasteiger partial charge is 0.152 e. The van der Waals surface area contributed by atoms with Crippen LogP contribution in [0.25, 0.3) is 10.1 Å². The summed E-state index contributed by atoms with van der Waals surface area (Å²) in [5.41, 5.74) is 0.887. The van der Waals surface area contributed by atoms with Crippen molar-refractivity contribution < 1.29 is 4.79 Å². The van der Waals surface area contributed by atoms with E-state index in [-0.39, 0.29) is 0 Å². The number of aldehydes is 1. The number of nitrogens with zero attached hydrogens (tertiary/aromatic N) is 1. The van der Waals surface area contributed by atoms with Gasteiger partial charge in [-0.1, -0.05) is 6.07 Å². The number of carbonyl (C=O) groups excluding carboxylic acids is 1. The quantitative estimate of drug-likeness (QED) is 0.592. The molecule has 0 aliphatic heterocycles. The number of hydrogen-bond acceptors (Lipinski definition) is 4. The van der Waals surface area contributed by atoms with E-state index in [0.717, 1.165) is 20.6 Å². The molecule has 2 nitrogen and oxygen atoms in total. The van der Waals surface area contributed by atoms with E-state index >= 15 is 0 Å². The Balaban J connectivity index is 2.91. The molecule has 0 aliphatic carbocycles. The highest BCUT2D eigenvalue weighted by Crippen LogP contribution is 2.31. The number of fused-ring (bicyclic) bond motifs is 1. The summed E-state index contributed by atoms with van der Waals surface area (Å²) in [4.78, 5) is 10.8. The Bertz CT molecular complexity index is 551. The molecule has 2 aromatic rings. The number of nitriles is 1. The molecule has 0 saturated heterocycles. The number of rotatable bonds is 1. The first-order valence-corrected chi connectivity index (χ1v) is 5.13. The van der Waals surface area contributed by atoms with Crippen LogP contribution in [-0.2, 0) is 0 Å². The Morgan fingerprint density at radius 2 is 2.29 bits per heavy atom.